The second-order valence-electron chi connectivity index (χ2n) is 7.75. The summed E-state index contributed by atoms with van der Waals surface area (Å²) in [5, 5.41) is 7.45. The van der Waals surface area contributed by atoms with Gasteiger partial charge in [-0.25, -0.2) is 9.67 Å². The lowest BCUT2D eigenvalue weighted by Crippen LogP contribution is -2.38. The topological polar surface area (TPSA) is 92.7 Å². The third-order valence-electron chi connectivity index (χ3n) is 5.25. The number of fused-ring (bicyclic) bond motifs is 2. The number of imidazole rings is 1. The van der Waals surface area contributed by atoms with Gasteiger partial charge in [-0.1, -0.05) is 26.0 Å². The maximum absolute atomic E-state index is 12.7. The molecule has 1 aliphatic rings. The van der Waals surface area contributed by atoms with Crippen molar-refractivity contribution in [3.05, 3.63) is 57.8 Å². The number of hydrogen-bond donors (Lipinski definition) is 2. The van der Waals surface area contributed by atoms with E-state index >= 15 is 0 Å². The first-order valence-electron chi connectivity index (χ1n) is 9.85. The Hall–Kier alpha value is -2.96. The molecule has 4 rings (SSSR count). The lowest BCUT2D eigenvalue weighted by atomic mass is 9.97. The van der Waals surface area contributed by atoms with Crippen molar-refractivity contribution in [3.8, 4) is 0 Å². The SMILES string of the molecule is CC(C)[C@@H](NC(=O)Cn1nc2c(cc1=O)CCCC2)c1nc2ccccc2[nH]1. The number of H-pyrrole nitrogens is 1. The van der Waals surface area contributed by atoms with Crippen molar-refractivity contribution in [2.45, 2.75) is 52.1 Å². The van der Waals surface area contributed by atoms with E-state index in [2.05, 4.69) is 20.4 Å². The second-order valence-corrected chi connectivity index (χ2v) is 7.75. The van der Waals surface area contributed by atoms with E-state index in [0.717, 1.165) is 53.8 Å². The Balaban J connectivity index is 1.53. The van der Waals surface area contributed by atoms with Gasteiger partial charge in [0.1, 0.15) is 12.4 Å². The van der Waals surface area contributed by atoms with Gasteiger partial charge >= 0.3 is 0 Å². The highest BCUT2D eigenvalue weighted by Crippen LogP contribution is 2.22. The first-order chi connectivity index (χ1) is 13.5. The van der Waals surface area contributed by atoms with E-state index in [4.69, 9.17) is 0 Å². The van der Waals surface area contributed by atoms with E-state index in [-0.39, 0.29) is 30.0 Å². The van der Waals surface area contributed by atoms with Crippen LogP contribution in [-0.2, 0) is 24.2 Å². The Labute approximate surface area is 163 Å². The molecular weight excluding hydrogens is 354 g/mol. The number of benzene rings is 1. The van der Waals surface area contributed by atoms with Crippen LogP contribution < -0.4 is 10.9 Å². The fraction of sp³-hybridized carbons (Fsp3) is 0.429. The van der Waals surface area contributed by atoms with E-state index in [0.29, 0.717) is 0 Å². The molecule has 0 aliphatic heterocycles. The van der Waals surface area contributed by atoms with Crippen molar-refractivity contribution < 1.29 is 4.79 Å². The number of aromatic nitrogens is 4. The molecule has 0 unspecified atom stereocenters. The zero-order valence-electron chi connectivity index (χ0n) is 16.2. The number of aryl methyl sites for hydroxylation is 2. The van der Waals surface area contributed by atoms with Crippen LogP contribution in [0.1, 0.15) is 49.8 Å². The van der Waals surface area contributed by atoms with Gasteiger partial charge in [-0.05, 0) is 49.3 Å². The molecule has 0 radical (unpaired) electrons. The monoisotopic (exact) mass is 379 g/mol. The number of para-hydroxylation sites is 2. The van der Waals surface area contributed by atoms with Gasteiger partial charge in [0.2, 0.25) is 5.91 Å². The minimum absolute atomic E-state index is 0.0877. The standard InChI is InChI=1S/C21H25N5O2/c1-13(2)20(21-22-16-9-5-6-10-17(16)23-21)24-18(27)12-26-19(28)11-14-7-3-4-8-15(14)25-26/h5-6,9-11,13,20H,3-4,7-8,12H2,1-2H3,(H,22,23)(H,24,27)/t20-/m1/s1. The molecule has 0 saturated heterocycles. The van der Waals surface area contributed by atoms with E-state index in [1.807, 2.05) is 38.1 Å². The smallest absolute Gasteiger partial charge is 0.267 e. The first-order valence-corrected chi connectivity index (χ1v) is 9.85. The predicted octanol–water partition coefficient (Wildman–Crippen LogP) is 2.51. The molecule has 1 aromatic carbocycles. The van der Waals surface area contributed by atoms with Crippen LogP contribution in [0.5, 0.6) is 0 Å². The number of carbonyl (C=O) groups is 1. The number of amides is 1. The minimum atomic E-state index is -0.270. The average Bonchev–Trinajstić information content (AvgIpc) is 3.10. The zero-order valence-corrected chi connectivity index (χ0v) is 16.2. The molecule has 2 aromatic heterocycles. The summed E-state index contributed by atoms with van der Waals surface area (Å²) in [6.45, 7) is 3.97. The third-order valence-corrected chi connectivity index (χ3v) is 5.25. The summed E-state index contributed by atoms with van der Waals surface area (Å²) in [7, 11) is 0. The summed E-state index contributed by atoms with van der Waals surface area (Å²) < 4.78 is 1.27. The van der Waals surface area contributed by atoms with Gasteiger partial charge in [0.15, 0.2) is 0 Å². The number of carbonyl (C=O) groups excluding carboxylic acids is 1. The van der Waals surface area contributed by atoms with Crippen LogP contribution in [-0.4, -0.2) is 25.7 Å². The van der Waals surface area contributed by atoms with Crippen LogP contribution in [0.15, 0.2) is 35.1 Å². The molecule has 7 heteroatoms. The van der Waals surface area contributed by atoms with Crippen molar-refractivity contribution in [1.29, 1.82) is 0 Å². The first kappa shape index (κ1) is 18.4. The lowest BCUT2D eigenvalue weighted by molar-refractivity contribution is -0.123. The molecule has 28 heavy (non-hydrogen) atoms. The van der Waals surface area contributed by atoms with Crippen LogP contribution in [0.4, 0.5) is 0 Å². The van der Waals surface area contributed by atoms with E-state index < -0.39 is 0 Å². The highest BCUT2D eigenvalue weighted by Gasteiger charge is 2.23. The molecule has 7 nitrogen and oxygen atoms in total. The molecule has 146 valence electrons. The molecule has 0 fully saturated rings. The summed E-state index contributed by atoms with van der Waals surface area (Å²) in [5.74, 6) is 0.609. The third kappa shape index (κ3) is 3.69. The maximum Gasteiger partial charge on any atom is 0.267 e. The maximum atomic E-state index is 12.7. The van der Waals surface area contributed by atoms with Gasteiger partial charge in [-0.3, -0.25) is 9.59 Å². The minimum Gasteiger partial charge on any atom is -0.344 e. The van der Waals surface area contributed by atoms with Gasteiger partial charge in [0, 0.05) is 6.07 Å². The Morgan fingerprint density at radius 1 is 1.25 bits per heavy atom. The molecular formula is C21H25N5O2. The molecule has 0 spiro atoms. The molecule has 1 aliphatic carbocycles. The van der Waals surface area contributed by atoms with Gasteiger partial charge in [0.25, 0.3) is 5.56 Å². The van der Waals surface area contributed by atoms with Crippen molar-refractivity contribution in [2.24, 2.45) is 5.92 Å². The Morgan fingerprint density at radius 3 is 2.82 bits per heavy atom. The van der Waals surface area contributed by atoms with Crippen molar-refractivity contribution in [3.63, 3.8) is 0 Å². The number of hydrogen-bond acceptors (Lipinski definition) is 4. The van der Waals surface area contributed by atoms with E-state index in [1.165, 1.54) is 4.68 Å². The van der Waals surface area contributed by atoms with Gasteiger partial charge < -0.3 is 10.3 Å². The molecule has 0 bridgehead atoms. The fourth-order valence-electron chi connectivity index (χ4n) is 3.74. The Bertz CT molecular complexity index is 1030. The summed E-state index contributed by atoms with van der Waals surface area (Å²) in [6.07, 6.45) is 3.93. The fourth-order valence-corrected chi connectivity index (χ4v) is 3.74. The van der Waals surface area contributed by atoms with Gasteiger partial charge in [0.05, 0.1) is 22.8 Å². The number of rotatable bonds is 5. The van der Waals surface area contributed by atoms with Crippen LogP contribution in [0.2, 0.25) is 0 Å². The average molecular weight is 379 g/mol. The zero-order chi connectivity index (χ0) is 19.7. The summed E-state index contributed by atoms with van der Waals surface area (Å²) in [6, 6.07) is 9.14. The summed E-state index contributed by atoms with van der Waals surface area (Å²) in [4.78, 5) is 32.9. The summed E-state index contributed by atoms with van der Waals surface area (Å²) in [5.41, 5.74) is 3.54. The number of nitrogens with zero attached hydrogens (tertiary/aromatic N) is 3. The van der Waals surface area contributed by atoms with Crippen LogP contribution in [0, 0.1) is 5.92 Å². The quantitative estimate of drug-likeness (QED) is 0.712. The molecule has 1 amide bonds. The summed E-state index contributed by atoms with van der Waals surface area (Å²) >= 11 is 0. The second kappa shape index (κ2) is 7.58. The predicted molar refractivity (Wildman–Crippen MR) is 107 cm³/mol. The van der Waals surface area contributed by atoms with E-state index in [9.17, 15) is 9.59 Å². The van der Waals surface area contributed by atoms with Crippen LogP contribution in [0.25, 0.3) is 11.0 Å². The highest BCUT2D eigenvalue weighted by molar-refractivity contribution is 5.77. The van der Waals surface area contributed by atoms with Crippen molar-refractivity contribution in [1.82, 2.24) is 25.1 Å². The molecule has 2 heterocycles. The Morgan fingerprint density at radius 2 is 2.04 bits per heavy atom. The van der Waals surface area contributed by atoms with Gasteiger partial charge in [-0.15, -0.1) is 0 Å². The van der Waals surface area contributed by atoms with Crippen molar-refractivity contribution in [2.75, 3.05) is 0 Å². The normalized spacial score (nSPS) is 14.8. The highest BCUT2D eigenvalue weighted by atomic mass is 16.2. The largest absolute Gasteiger partial charge is 0.344 e. The van der Waals surface area contributed by atoms with E-state index in [1.54, 1.807) is 6.07 Å². The molecule has 2 N–H and O–H groups in total. The Kier molecular flexibility index (Phi) is 4.98. The molecule has 0 saturated carbocycles. The number of nitrogens with one attached hydrogen (secondary N) is 2. The van der Waals surface area contributed by atoms with Crippen LogP contribution >= 0.6 is 0 Å². The molecule has 1 atom stereocenters. The lowest BCUT2D eigenvalue weighted by Gasteiger charge is -2.21. The molecule has 3 aromatic rings. The number of aromatic amines is 1. The van der Waals surface area contributed by atoms with Gasteiger partial charge in [-0.2, -0.15) is 5.10 Å². The van der Waals surface area contributed by atoms with Crippen molar-refractivity contribution >= 4 is 16.9 Å². The van der Waals surface area contributed by atoms with Crippen LogP contribution in [0.3, 0.4) is 0 Å².